The largest absolute Gasteiger partial charge is 0.465 e. The van der Waals surface area contributed by atoms with E-state index in [4.69, 9.17) is 19.9 Å². The number of carbonyl (C=O) groups excluding carboxylic acids is 6. The van der Waals surface area contributed by atoms with Crippen LogP contribution in [-0.4, -0.2) is 84.3 Å². The molecule has 14 heteroatoms. The molecule has 0 aromatic carbocycles. The van der Waals surface area contributed by atoms with Crippen molar-refractivity contribution in [1.82, 2.24) is 15.2 Å². The third-order valence-corrected chi connectivity index (χ3v) is 4.76. The van der Waals surface area contributed by atoms with Crippen LogP contribution in [0.15, 0.2) is 28.0 Å². The van der Waals surface area contributed by atoms with Crippen LogP contribution in [0, 0.1) is 0 Å². The first kappa shape index (κ1) is 25.0. The Hall–Kier alpha value is -4.23. The molecule has 0 aromatic heterocycles. The summed E-state index contributed by atoms with van der Waals surface area (Å²) in [5.74, 6) is -4.40. The van der Waals surface area contributed by atoms with Crippen molar-refractivity contribution < 1.29 is 43.0 Å². The first-order valence-corrected chi connectivity index (χ1v) is 9.42. The maximum Gasteiger partial charge on any atom is 0.343 e. The maximum absolute atomic E-state index is 13.4. The van der Waals surface area contributed by atoms with E-state index in [1.165, 1.54) is 20.8 Å². The number of primary amides is 1. The van der Waals surface area contributed by atoms with E-state index in [1.807, 2.05) is 5.43 Å². The number of esters is 3. The standard InChI is InChI=1S/C19H23N5O9/c1-8(2)33-16(28)19(9(3)21-22-17(20)29)7-10(14(26)31-5)11(15(27)32-6)12-13(25)23(4)18(30)24(12)19/h7-8H,1-6H3,(H3,20,22,29)/b21-9+. The average Bonchev–Trinajstić information content (AvgIpc) is 2.99. The third kappa shape index (κ3) is 4.02. The molecule has 0 saturated carbocycles. The van der Waals surface area contributed by atoms with Crippen LogP contribution in [0.1, 0.15) is 20.8 Å². The molecule has 2 rings (SSSR count). The summed E-state index contributed by atoms with van der Waals surface area (Å²) in [6.45, 7) is 4.26. The molecule has 5 amide bonds. The van der Waals surface area contributed by atoms with Gasteiger partial charge in [0, 0.05) is 7.05 Å². The number of rotatable bonds is 6. The molecule has 0 radical (unpaired) electrons. The molecule has 0 bridgehead atoms. The SMILES string of the molecule is COC(=O)C1=CC(C(=O)OC(C)C)(/C(C)=N/NC(N)=O)N2C(=O)N(C)C(=O)C2=C1C(=O)OC. The lowest BCUT2D eigenvalue weighted by molar-refractivity contribution is -0.153. The van der Waals surface area contributed by atoms with Gasteiger partial charge in [-0.1, -0.05) is 0 Å². The second-order valence-electron chi connectivity index (χ2n) is 7.14. The normalized spacial score (nSPS) is 20.5. The minimum atomic E-state index is -2.37. The molecule has 33 heavy (non-hydrogen) atoms. The van der Waals surface area contributed by atoms with Crippen molar-refractivity contribution in [2.75, 3.05) is 21.3 Å². The molecule has 0 spiro atoms. The van der Waals surface area contributed by atoms with Crippen molar-refractivity contribution in [2.45, 2.75) is 32.4 Å². The summed E-state index contributed by atoms with van der Waals surface area (Å²) >= 11 is 0. The molecule has 0 aliphatic carbocycles. The summed E-state index contributed by atoms with van der Waals surface area (Å²) in [7, 11) is 3.11. The Bertz CT molecular complexity index is 1040. The Kier molecular flexibility index (Phi) is 6.90. The van der Waals surface area contributed by atoms with Gasteiger partial charge in [-0.3, -0.25) is 14.6 Å². The van der Waals surface area contributed by atoms with Gasteiger partial charge >= 0.3 is 30.0 Å². The summed E-state index contributed by atoms with van der Waals surface area (Å²) in [4.78, 5) is 77.3. The van der Waals surface area contributed by atoms with Gasteiger partial charge in [0.15, 0.2) is 0 Å². The fraction of sp³-hybridized carbons (Fsp3) is 0.421. The molecule has 1 fully saturated rings. The number of ether oxygens (including phenoxy) is 3. The van der Waals surface area contributed by atoms with Crippen molar-refractivity contribution in [3.63, 3.8) is 0 Å². The van der Waals surface area contributed by atoms with Gasteiger partial charge in [-0.05, 0) is 26.8 Å². The number of nitrogens with zero attached hydrogens (tertiary/aromatic N) is 3. The van der Waals surface area contributed by atoms with E-state index in [0.29, 0.717) is 9.80 Å². The topological polar surface area (TPSA) is 187 Å². The summed E-state index contributed by atoms with van der Waals surface area (Å²) in [6.07, 6.45) is 0.187. The van der Waals surface area contributed by atoms with E-state index in [-0.39, 0.29) is 5.71 Å². The van der Waals surface area contributed by atoms with Crippen LogP contribution >= 0.6 is 0 Å². The van der Waals surface area contributed by atoms with Crippen molar-refractivity contribution >= 4 is 41.6 Å². The quantitative estimate of drug-likeness (QED) is 0.166. The minimum absolute atomic E-state index is 0.314. The number of urea groups is 2. The highest BCUT2D eigenvalue weighted by atomic mass is 16.5. The number of nitrogens with one attached hydrogen (secondary N) is 1. The molecule has 178 valence electrons. The molecule has 0 aromatic rings. The van der Waals surface area contributed by atoms with E-state index >= 15 is 0 Å². The first-order chi connectivity index (χ1) is 15.3. The average molecular weight is 465 g/mol. The molecule has 1 saturated heterocycles. The van der Waals surface area contributed by atoms with Gasteiger partial charge in [0.2, 0.25) is 5.54 Å². The zero-order valence-corrected chi connectivity index (χ0v) is 18.7. The van der Waals surface area contributed by atoms with Gasteiger partial charge < -0.3 is 19.9 Å². The highest BCUT2D eigenvalue weighted by molar-refractivity contribution is 6.26. The molecule has 1 atom stereocenters. The van der Waals surface area contributed by atoms with E-state index in [1.54, 1.807) is 0 Å². The Morgan fingerprint density at radius 1 is 1.12 bits per heavy atom. The van der Waals surface area contributed by atoms with Crippen LogP contribution < -0.4 is 11.2 Å². The molecule has 2 aliphatic heterocycles. The smallest absolute Gasteiger partial charge is 0.343 e. The highest BCUT2D eigenvalue weighted by Crippen LogP contribution is 2.41. The van der Waals surface area contributed by atoms with Crippen molar-refractivity contribution in [1.29, 1.82) is 0 Å². The Morgan fingerprint density at radius 3 is 2.18 bits per heavy atom. The van der Waals surface area contributed by atoms with E-state index in [9.17, 15) is 28.8 Å². The fourth-order valence-electron chi connectivity index (χ4n) is 3.28. The van der Waals surface area contributed by atoms with Crippen molar-refractivity contribution in [3.05, 3.63) is 22.9 Å². The van der Waals surface area contributed by atoms with Crippen LogP contribution in [0.3, 0.4) is 0 Å². The third-order valence-electron chi connectivity index (χ3n) is 4.76. The summed E-state index contributed by atoms with van der Waals surface area (Å²) < 4.78 is 14.7. The predicted octanol–water partition coefficient (Wildman–Crippen LogP) is -0.845. The number of imide groups is 1. The number of hydrogen-bond donors (Lipinski definition) is 2. The number of amides is 5. The number of hydrazone groups is 1. The van der Waals surface area contributed by atoms with Gasteiger partial charge in [0.05, 0.1) is 31.6 Å². The zero-order chi connectivity index (χ0) is 25.2. The van der Waals surface area contributed by atoms with Crippen molar-refractivity contribution in [2.24, 2.45) is 10.8 Å². The van der Waals surface area contributed by atoms with Gasteiger partial charge in [-0.2, -0.15) is 5.10 Å². The Morgan fingerprint density at radius 2 is 1.70 bits per heavy atom. The van der Waals surface area contributed by atoms with E-state index in [2.05, 4.69) is 5.10 Å². The van der Waals surface area contributed by atoms with Crippen LogP contribution in [0.4, 0.5) is 9.59 Å². The molecular formula is C19H23N5O9. The predicted molar refractivity (Wildman–Crippen MR) is 109 cm³/mol. The second kappa shape index (κ2) is 9.10. The fourth-order valence-corrected chi connectivity index (χ4v) is 3.28. The Labute approximate surface area is 188 Å². The first-order valence-electron chi connectivity index (χ1n) is 9.42. The second-order valence-corrected chi connectivity index (χ2v) is 7.14. The number of nitrogens with two attached hydrogens (primary N) is 1. The Balaban J connectivity index is 3.04. The maximum atomic E-state index is 13.4. The van der Waals surface area contributed by atoms with Crippen LogP contribution in [0.2, 0.25) is 0 Å². The lowest BCUT2D eigenvalue weighted by atomic mass is 9.82. The van der Waals surface area contributed by atoms with Gasteiger partial charge in [0.25, 0.3) is 5.91 Å². The monoisotopic (exact) mass is 465 g/mol. The van der Waals surface area contributed by atoms with Gasteiger partial charge in [-0.15, -0.1) is 0 Å². The zero-order valence-electron chi connectivity index (χ0n) is 18.7. The number of hydrogen-bond acceptors (Lipinski definition) is 10. The molecular weight excluding hydrogens is 442 g/mol. The van der Waals surface area contributed by atoms with E-state index in [0.717, 1.165) is 27.3 Å². The molecule has 14 nitrogen and oxygen atoms in total. The number of likely N-dealkylation sites (N-methyl/N-ethyl adjacent to an activating group) is 1. The van der Waals surface area contributed by atoms with Crippen LogP contribution in [0.25, 0.3) is 0 Å². The van der Waals surface area contributed by atoms with Gasteiger partial charge in [0.1, 0.15) is 11.3 Å². The van der Waals surface area contributed by atoms with Crippen molar-refractivity contribution in [3.8, 4) is 0 Å². The van der Waals surface area contributed by atoms with Crippen LogP contribution in [-0.2, 0) is 33.4 Å². The molecule has 1 unspecified atom stereocenters. The molecule has 2 aliphatic rings. The lowest BCUT2D eigenvalue weighted by Crippen LogP contribution is -2.62. The minimum Gasteiger partial charge on any atom is -0.465 e. The van der Waals surface area contributed by atoms with Gasteiger partial charge in [-0.25, -0.2) is 29.4 Å². The number of methoxy groups -OCH3 is 2. The molecule has 2 heterocycles. The number of carbonyl (C=O) groups is 6. The van der Waals surface area contributed by atoms with Crippen LogP contribution in [0.5, 0.6) is 0 Å². The summed E-state index contributed by atoms with van der Waals surface area (Å²) in [5.41, 5.74) is 2.50. The summed E-state index contributed by atoms with van der Waals surface area (Å²) in [6, 6.07) is -2.13. The summed E-state index contributed by atoms with van der Waals surface area (Å²) in [5, 5.41) is 3.73. The molecule has 3 N–H and O–H groups in total. The number of fused-ring (bicyclic) bond motifs is 1. The lowest BCUT2D eigenvalue weighted by Gasteiger charge is -2.40. The van der Waals surface area contributed by atoms with E-state index < -0.39 is 64.4 Å². The highest BCUT2D eigenvalue weighted by Gasteiger charge is 2.61.